The van der Waals surface area contributed by atoms with Gasteiger partial charge in [-0.05, 0) is 11.1 Å². The molecule has 0 fully saturated rings. The summed E-state index contributed by atoms with van der Waals surface area (Å²) < 4.78 is 1.18. The number of ketones is 1. The molecule has 2 aromatic carbocycles. The lowest BCUT2D eigenvalue weighted by atomic mass is 10.0. The van der Waals surface area contributed by atoms with Crippen molar-refractivity contribution in [3.05, 3.63) is 93.3 Å². The van der Waals surface area contributed by atoms with Crippen molar-refractivity contribution in [1.29, 1.82) is 0 Å². The van der Waals surface area contributed by atoms with Gasteiger partial charge in [0, 0.05) is 17.8 Å². The zero-order chi connectivity index (χ0) is 16.2. The maximum absolute atomic E-state index is 12.2. The maximum atomic E-state index is 12.2. The second-order valence-corrected chi connectivity index (χ2v) is 5.10. The number of H-pyrrole nitrogens is 1. The molecule has 0 radical (unpaired) electrons. The fraction of sp³-hybridized carbons (Fsp3) is 0.0556. The third-order valence-corrected chi connectivity index (χ3v) is 3.52. The highest BCUT2D eigenvalue weighted by atomic mass is 16.2. The van der Waals surface area contributed by atoms with Gasteiger partial charge in [0.2, 0.25) is 0 Å². The zero-order valence-electron chi connectivity index (χ0n) is 12.2. The molecule has 0 amide bonds. The molecule has 0 atom stereocenters. The maximum Gasteiger partial charge on any atom is 0.328 e. The van der Waals surface area contributed by atoms with Crippen molar-refractivity contribution in [2.24, 2.45) is 0 Å². The van der Waals surface area contributed by atoms with Gasteiger partial charge in [-0.1, -0.05) is 54.6 Å². The molecule has 0 saturated heterocycles. The molecule has 0 aliphatic heterocycles. The van der Waals surface area contributed by atoms with Gasteiger partial charge in [0.05, 0.1) is 6.54 Å². The number of hydrogen-bond donors (Lipinski definition) is 1. The second-order valence-electron chi connectivity index (χ2n) is 5.10. The number of nitrogens with zero attached hydrogens (tertiary/aromatic N) is 1. The number of aromatic amines is 1. The Morgan fingerprint density at radius 2 is 1.52 bits per heavy atom. The second kappa shape index (κ2) is 6.27. The van der Waals surface area contributed by atoms with Gasteiger partial charge >= 0.3 is 5.69 Å². The number of benzene rings is 2. The van der Waals surface area contributed by atoms with Crippen molar-refractivity contribution in [3.63, 3.8) is 0 Å². The third kappa shape index (κ3) is 3.35. The number of Topliss-reactive ketones (excluding diaryl/α,β-unsaturated/α-hetero) is 1. The predicted octanol–water partition coefficient (Wildman–Crippen LogP) is 2.09. The van der Waals surface area contributed by atoms with Crippen LogP contribution in [0.15, 0.2) is 76.4 Å². The van der Waals surface area contributed by atoms with Crippen molar-refractivity contribution < 1.29 is 4.79 Å². The number of hydrogen-bond acceptors (Lipinski definition) is 3. The van der Waals surface area contributed by atoms with Crippen molar-refractivity contribution in [2.75, 3.05) is 0 Å². The van der Waals surface area contributed by atoms with Crippen LogP contribution in [0.3, 0.4) is 0 Å². The van der Waals surface area contributed by atoms with Gasteiger partial charge in [0.1, 0.15) is 0 Å². The lowest BCUT2D eigenvalue weighted by Gasteiger charge is -2.06. The summed E-state index contributed by atoms with van der Waals surface area (Å²) in [5, 5.41) is 0. The number of aromatic nitrogens is 2. The Kier molecular flexibility index (Phi) is 4.01. The van der Waals surface area contributed by atoms with E-state index in [1.807, 2.05) is 42.5 Å². The molecule has 0 aliphatic rings. The van der Waals surface area contributed by atoms with Crippen molar-refractivity contribution >= 4 is 5.78 Å². The fourth-order valence-corrected chi connectivity index (χ4v) is 2.29. The van der Waals surface area contributed by atoms with E-state index in [4.69, 9.17) is 0 Å². The Bertz CT molecular complexity index is 938. The first-order valence-electron chi connectivity index (χ1n) is 7.12. The van der Waals surface area contributed by atoms with E-state index < -0.39 is 11.2 Å². The van der Waals surface area contributed by atoms with E-state index in [2.05, 4.69) is 4.98 Å². The monoisotopic (exact) mass is 306 g/mol. The minimum Gasteiger partial charge on any atom is -0.293 e. The predicted molar refractivity (Wildman–Crippen MR) is 87.5 cm³/mol. The summed E-state index contributed by atoms with van der Waals surface area (Å²) in [4.78, 5) is 37.0. The van der Waals surface area contributed by atoms with E-state index >= 15 is 0 Å². The number of nitrogens with one attached hydrogen (secondary N) is 1. The third-order valence-electron chi connectivity index (χ3n) is 3.52. The molecule has 1 heterocycles. The van der Waals surface area contributed by atoms with Crippen molar-refractivity contribution in [2.45, 2.75) is 6.54 Å². The molecule has 1 N–H and O–H groups in total. The highest BCUT2D eigenvalue weighted by molar-refractivity contribution is 5.96. The highest BCUT2D eigenvalue weighted by Gasteiger charge is 2.08. The van der Waals surface area contributed by atoms with Crippen LogP contribution in [0.4, 0.5) is 0 Å². The van der Waals surface area contributed by atoms with Gasteiger partial charge < -0.3 is 0 Å². The molecule has 114 valence electrons. The average Bonchev–Trinajstić information content (AvgIpc) is 2.58. The highest BCUT2D eigenvalue weighted by Crippen LogP contribution is 2.19. The molecule has 0 bridgehead atoms. The molecule has 5 heteroatoms. The number of rotatable bonds is 4. The molecule has 0 unspecified atom stereocenters. The van der Waals surface area contributed by atoms with Crippen molar-refractivity contribution in [3.8, 4) is 11.1 Å². The minimum atomic E-state index is -0.591. The van der Waals surface area contributed by atoms with Gasteiger partial charge in [-0.25, -0.2) is 4.79 Å². The van der Waals surface area contributed by atoms with Gasteiger partial charge in [0.25, 0.3) is 5.56 Å². The Morgan fingerprint density at radius 1 is 0.870 bits per heavy atom. The number of carbonyl (C=O) groups is 1. The lowest BCUT2D eigenvalue weighted by molar-refractivity contribution is 0.0970. The summed E-state index contributed by atoms with van der Waals surface area (Å²) in [6, 6.07) is 18.3. The Morgan fingerprint density at radius 3 is 2.17 bits per heavy atom. The quantitative estimate of drug-likeness (QED) is 0.750. The standard InChI is InChI=1S/C18H14N2O3/c21-16(12-20-11-10-17(22)19-18(20)23)15-8-6-14(7-9-15)13-4-2-1-3-5-13/h1-11H,12H2,(H,19,22,23). The number of carbonyl (C=O) groups excluding carboxylic acids is 1. The average molecular weight is 306 g/mol. The summed E-state index contributed by atoms with van der Waals surface area (Å²) in [5.74, 6) is -0.196. The molecule has 0 aliphatic carbocycles. The molecule has 5 nitrogen and oxygen atoms in total. The summed E-state index contributed by atoms with van der Waals surface area (Å²) in [7, 11) is 0. The molecular weight excluding hydrogens is 292 g/mol. The molecular formula is C18H14N2O3. The van der Waals surface area contributed by atoms with E-state index in [9.17, 15) is 14.4 Å². The molecule has 23 heavy (non-hydrogen) atoms. The Balaban J connectivity index is 1.80. The first kappa shape index (κ1) is 14.7. The SMILES string of the molecule is O=C(Cn1ccc(=O)[nH]c1=O)c1ccc(-c2ccccc2)cc1. The topological polar surface area (TPSA) is 71.9 Å². The van der Waals surface area contributed by atoms with E-state index in [1.165, 1.54) is 16.8 Å². The first-order chi connectivity index (χ1) is 11.1. The minimum absolute atomic E-state index is 0.111. The van der Waals surface area contributed by atoms with Gasteiger partial charge in [0.15, 0.2) is 5.78 Å². The van der Waals surface area contributed by atoms with Crippen LogP contribution in [0.2, 0.25) is 0 Å². The van der Waals surface area contributed by atoms with E-state index in [1.54, 1.807) is 12.1 Å². The van der Waals surface area contributed by atoms with Gasteiger partial charge in [-0.3, -0.25) is 19.1 Å². The van der Waals surface area contributed by atoms with Crippen LogP contribution >= 0.6 is 0 Å². The summed E-state index contributed by atoms with van der Waals surface area (Å²) in [6.07, 6.45) is 1.32. The lowest BCUT2D eigenvalue weighted by Crippen LogP contribution is -2.30. The summed E-state index contributed by atoms with van der Waals surface area (Å²) in [6.45, 7) is -0.111. The van der Waals surface area contributed by atoms with Crippen LogP contribution in [0, 0.1) is 0 Å². The smallest absolute Gasteiger partial charge is 0.293 e. The van der Waals surface area contributed by atoms with E-state index in [-0.39, 0.29) is 12.3 Å². The van der Waals surface area contributed by atoms with Crippen molar-refractivity contribution in [1.82, 2.24) is 9.55 Å². The fourth-order valence-electron chi connectivity index (χ4n) is 2.29. The molecule has 0 spiro atoms. The first-order valence-corrected chi connectivity index (χ1v) is 7.12. The van der Waals surface area contributed by atoms with Crippen LogP contribution in [-0.4, -0.2) is 15.3 Å². The van der Waals surface area contributed by atoms with Gasteiger partial charge in [-0.15, -0.1) is 0 Å². The molecule has 0 saturated carbocycles. The normalized spacial score (nSPS) is 10.4. The van der Waals surface area contributed by atoms with Crippen LogP contribution in [0.1, 0.15) is 10.4 Å². The van der Waals surface area contributed by atoms with Crippen LogP contribution in [-0.2, 0) is 6.54 Å². The summed E-state index contributed by atoms with van der Waals surface area (Å²) in [5.41, 5.74) is 1.53. The van der Waals surface area contributed by atoms with Gasteiger partial charge in [-0.2, -0.15) is 0 Å². The zero-order valence-corrected chi connectivity index (χ0v) is 12.2. The Labute approximate surface area is 131 Å². The van der Waals surface area contributed by atoms with Crippen LogP contribution in [0.5, 0.6) is 0 Å². The largest absolute Gasteiger partial charge is 0.328 e. The van der Waals surface area contributed by atoms with Crippen LogP contribution in [0.25, 0.3) is 11.1 Å². The molecule has 1 aromatic heterocycles. The van der Waals surface area contributed by atoms with E-state index in [0.717, 1.165) is 11.1 Å². The van der Waals surface area contributed by atoms with Crippen LogP contribution < -0.4 is 11.2 Å². The molecule has 3 rings (SSSR count). The Hall–Kier alpha value is -3.21. The van der Waals surface area contributed by atoms with E-state index in [0.29, 0.717) is 5.56 Å². The summed E-state index contributed by atoms with van der Waals surface area (Å²) >= 11 is 0. The molecule has 3 aromatic rings.